The van der Waals surface area contributed by atoms with E-state index in [-0.39, 0.29) is 0 Å². The van der Waals surface area contributed by atoms with Crippen LogP contribution in [0.1, 0.15) is 11.1 Å². The Kier molecular flexibility index (Phi) is 4.15. The van der Waals surface area contributed by atoms with Crippen molar-refractivity contribution >= 4 is 86.2 Å². The zero-order valence-corrected chi connectivity index (χ0v) is 23.5. The Morgan fingerprint density at radius 2 is 0.833 bits per heavy atom. The van der Waals surface area contributed by atoms with Crippen LogP contribution in [0.5, 0.6) is 0 Å². The molecule has 0 radical (unpaired) electrons. The Morgan fingerprint density at radius 1 is 0.310 bits per heavy atom. The minimum absolute atomic E-state index is 1.30. The van der Waals surface area contributed by atoms with Crippen LogP contribution in [-0.4, -0.2) is 0 Å². The minimum atomic E-state index is 1.30. The molecule has 0 unspecified atom stereocenters. The summed E-state index contributed by atoms with van der Waals surface area (Å²) < 4.78 is 0. The summed E-state index contributed by atoms with van der Waals surface area (Å²) in [5.74, 6) is 0. The summed E-state index contributed by atoms with van der Waals surface area (Å²) in [5.41, 5.74) is 5.30. The van der Waals surface area contributed by atoms with E-state index < -0.39 is 0 Å². The maximum Gasteiger partial charge on any atom is -0.00199 e. The molecule has 0 aromatic heterocycles. The van der Waals surface area contributed by atoms with Gasteiger partial charge in [0.1, 0.15) is 0 Å². The van der Waals surface area contributed by atoms with Gasteiger partial charge in [-0.1, -0.05) is 97.1 Å². The first-order valence-electron chi connectivity index (χ1n) is 14.9. The van der Waals surface area contributed by atoms with Gasteiger partial charge in [-0.2, -0.15) is 0 Å². The highest BCUT2D eigenvalue weighted by molar-refractivity contribution is 6.38. The predicted octanol–water partition coefficient (Wildman–Crippen LogP) is 12.1. The minimum Gasteiger partial charge on any atom is -0.0617 e. The van der Waals surface area contributed by atoms with Gasteiger partial charge >= 0.3 is 0 Å². The lowest BCUT2D eigenvalue weighted by Gasteiger charge is -2.11. The molecule has 194 valence electrons. The second-order valence-electron chi connectivity index (χ2n) is 12.2. The van der Waals surface area contributed by atoms with Gasteiger partial charge in [-0.05, 0) is 147 Å². The molecule has 0 saturated heterocycles. The summed E-state index contributed by atoms with van der Waals surface area (Å²) in [4.78, 5) is 0. The third-order valence-electron chi connectivity index (χ3n) is 9.97. The Balaban J connectivity index is 1.37. The van der Waals surface area contributed by atoms with Crippen molar-refractivity contribution < 1.29 is 0 Å². The van der Waals surface area contributed by atoms with E-state index in [0.717, 1.165) is 0 Å². The van der Waals surface area contributed by atoms with Gasteiger partial charge in [0.05, 0.1) is 0 Å². The van der Waals surface area contributed by atoms with Crippen molar-refractivity contribution in [1.82, 2.24) is 0 Å². The molecule has 10 aromatic carbocycles. The molecule has 0 spiro atoms. The van der Waals surface area contributed by atoms with Crippen molar-refractivity contribution in [3.63, 3.8) is 0 Å². The van der Waals surface area contributed by atoms with Crippen molar-refractivity contribution in [3.8, 4) is 11.1 Å². The van der Waals surface area contributed by atoms with E-state index in [1.807, 2.05) is 0 Å². The van der Waals surface area contributed by atoms with Crippen LogP contribution < -0.4 is 0 Å². The lowest BCUT2D eigenvalue weighted by molar-refractivity contribution is 1.38. The zero-order valence-electron chi connectivity index (χ0n) is 23.5. The number of rotatable bonds is 1. The van der Waals surface area contributed by atoms with Crippen molar-refractivity contribution in [2.75, 3.05) is 0 Å². The summed E-state index contributed by atoms with van der Waals surface area (Å²) in [6, 6.07) is 46.0. The number of hydrogen-bond donors (Lipinski definition) is 0. The van der Waals surface area contributed by atoms with Crippen LogP contribution in [0.25, 0.3) is 97.3 Å². The first kappa shape index (κ1) is 22.5. The Hall–Kier alpha value is -5.20. The highest BCUT2D eigenvalue weighted by Gasteiger charge is 2.18. The lowest BCUT2D eigenvalue weighted by Crippen LogP contribution is -1.87. The molecule has 0 nitrogen and oxygen atoms in total. The van der Waals surface area contributed by atoms with Crippen LogP contribution >= 0.6 is 0 Å². The molecule has 0 amide bonds. The molecule has 0 aliphatic heterocycles. The molecule has 0 atom stereocenters. The van der Waals surface area contributed by atoms with Gasteiger partial charge in [0, 0.05) is 0 Å². The molecule has 0 fully saturated rings. The first-order valence-corrected chi connectivity index (χ1v) is 14.9. The molecule has 0 aliphatic carbocycles. The fourth-order valence-corrected chi connectivity index (χ4v) is 8.17. The van der Waals surface area contributed by atoms with E-state index in [0.29, 0.717) is 0 Å². The maximum atomic E-state index is 2.49. The third-order valence-corrected chi connectivity index (χ3v) is 9.97. The molecule has 0 bridgehead atoms. The van der Waals surface area contributed by atoms with Crippen molar-refractivity contribution in [3.05, 3.63) is 132 Å². The van der Waals surface area contributed by atoms with Crippen molar-refractivity contribution in [1.29, 1.82) is 0 Å². The summed E-state index contributed by atoms with van der Waals surface area (Å²) >= 11 is 0. The largest absolute Gasteiger partial charge is 0.0617 e. The van der Waals surface area contributed by atoms with Crippen LogP contribution in [0.15, 0.2) is 121 Å². The standard InChI is InChI=1S/C42H26/c1-23-7-3-8-24(2)40(23)27-16-18-28-30-13-6-14-31-29-17-15-26-19-36-32-11-4-9-25-10-5-12-33(41(25)32)38(36)21-34(26)37(29)22-39(42(30)31)35(28)20-27/h3-22H,1-2H3. The summed E-state index contributed by atoms with van der Waals surface area (Å²) in [7, 11) is 0. The van der Waals surface area contributed by atoms with Crippen LogP contribution in [0.4, 0.5) is 0 Å². The molecule has 42 heavy (non-hydrogen) atoms. The normalized spacial score (nSPS) is 12.5. The average Bonchev–Trinajstić information content (AvgIpc) is 3.50. The van der Waals surface area contributed by atoms with Gasteiger partial charge in [-0.15, -0.1) is 0 Å². The van der Waals surface area contributed by atoms with E-state index in [4.69, 9.17) is 0 Å². The molecule has 0 aliphatic rings. The number of aryl methyl sites for hydroxylation is 2. The number of fused-ring (bicyclic) bond motifs is 10. The van der Waals surface area contributed by atoms with Crippen molar-refractivity contribution in [2.45, 2.75) is 13.8 Å². The average molecular weight is 531 g/mol. The summed E-state index contributed by atoms with van der Waals surface area (Å²) in [6.45, 7) is 4.45. The van der Waals surface area contributed by atoms with E-state index in [9.17, 15) is 0 Å². The van der Waals surface area contributed by atoms with Crippen LogP contribution in [-0.2, 0) is 0 Å². The van der Waals surface area contributed by atoms with E-state index in [1.54, 1.807) is 0 Å². The van der Waals surface area contributed by atoms with Crippen molar-refractivity contribution in [2.24, 2.45) is 0 Å². The summed E-state index contributed by atoms with van der Waals surface area (Å²) in [6.07, 6.45) is 0. The highest BCUT2D eigenvalue weighted by atomic mass is 14.2. The molecular weight excluding hydrogens is 504 g/mol. The summed E-state index contributed by atoms with van der Waals surface area (Å²) in [5, 5.41) is 21.5. The maximum absolute atomic E-state index is 2.49. The SMILES string of the molecule is Cc1cccc(C)c1-c1ccc2c(c1)c1cc3c4cc5c(cc4ccc3c3cccc2c31)c1cccc2cccc5c21. The van der Waals surface area contributed by atoms with E-state index in [2.05, 4.69) is 135 Å². The highest BCUT2D eigenvalue weighted by Crippen LogP contribution is 2.46. The number of hydrogen-bond acceptors (Lipinski definition) is 0. The Bertz CT molecular complexity index is 2720. The molecular formula is C42H26. The molecule has 0 N–H and O–H groups in total. The van der Waals surface area contributed by atoms with Crippen LogP contribution in [0.2, 0.25) is 0 Å². The molecule has 0 heterocycles. The fourth-order valence-electron chi connectivity index (χ4n) is 8.17. The van der Waals surface area contributed by atoms with Gasteiger partial charge in [0.2, 0.25) is 0 Å². The molecule has 0 saturated carbocycles. The quantitative estimate of drug-likeness (QED) is 0.185. The van der Waals surface area contributed by atoms with Crippen LogP contribution in [0, 0.1) is 13.8 Å². The number of benzene rings is 8. The monoisotopic (exact) mass is 530 g/mol. The van der Waals surface area contributed by atoms with E-state index in [1.165, 1.54) is 108 Å². The third kappa shape index (κ3) is 2.72. The topological polar surface area (TPSA) is 0 Å². The smallest absolute Gasteiger partial charge is 0.00199 e. The molecule has 10 rings (SSSR count). The first-order chi connectivity index (χ1) is 20.7. The molecule has 10 aromatic rings. The predicted molar refractivity (Wildman–Crippen MR) is 184 cm³/mol. The Morgan fingerprint density at radius 3 is 1.55 bits per heavy atom. The molecule has 0 heteroatoms. The van der Waals surface area contributed by atoms with Gasteiger partial charge in [0.15, 0.2) is 0 Å². The van der Waals surface area contributed by atoms with Gasteiger partial charge in [-0.25, -0.2) is 0 Å². The van der Waals surface area contributed by atoms with E-state index >= 15 is 0 Å². The van der Waals surface area contributed by atoms with Gasteiger partial charge in [0.25, 0.3) is 0 Å². The van der Waals surface area contributed by atoms with Crippen LogP contribution in [0.3, 0.4) is 0 Å². The lowest BCUT2D eigenvalue weighted by atomic mass is 9.93. The Labute approximate surface area is 243 Å². The fraction of sp³-hybridized carbons (Fsp3) is 0.0476. The second kappa shape index (κ2) is 7.75. The second-order valence-corrected chi connectivity index (χ2v) is 12.2. The van der Waals surface area contributed by atoms with Gasteiger partial charge in [-0.3, -0.25) is 0 Å². The van der Waals surface area contributed by atoms with Gasteiger partial charge < -0.3 is 0 Å². The zero-order chi connectivity index (χ0) is 27.7.